The van der Waals surface area contributed by atoms with Crippen LogP contribution in [-0.2, 0) is 17.8 Å². The van der Waals surface area contributed by atoms with Crippen molar-refractivity contribution in [3.63, 3.8) is 0 Å². The molecule has 0 spiro atoms. The molecule has 2 aromatic rings. The fraction of sp³-hybridized carbons (Fsp3) is 0.583. The van der Waals surface area contributed by atoms with Crippen LogP contribution in [0.15, 0.2) is 42.6 Å². The fourth-order valence-corrected chi connectivity index (χ4v) is 4.01. The van der Waals surface area contributed by atoms with Crippen molar-refractivity contribution in [1.29, 1.82) is 0 Å². The second-order valence-corrected chi connectivity index (χ2v) is 8.11. The Balaban J connectivity index is 1.64. The number of aromatic nitrogens is 1. The molecule has 166 valence electrons. The lowest BCUT2D eigenvalue weighted by molar-refractivity contribution is 0.0285. The first kappa shape index (κ1) is 22.8. The van der Waals surface area contributed by atoms with Crippen molar-refractivity contribution in [1.82, 2.24) is 14.4 Å². The smallest absolute Gasteiger partial charge is 0.119 e. The third-order valence-corrected chi connectivity index (χ3v) is 5.72. The summed E-state index contributed by atoms with van der Waals surface area (Å²) < 4.78 is 13.1. The summed E-state index contributed by atoms with van der Waals surface area (Å²) in [7, 11) is 1.70. The minimum absolute atomic E-state index is 0.276. The molecule has 6 heteroatoms. The quantitative estimate of drug-likeness (QED) is 0.578. The summed E-state index contributed by atoms with van der Waals surface area (Å²) in [6.07, 6.45) is 3.71. The molecule has 30 heavy (non-hydrogen) atoms. The summed E-state index contributed by atoms with van der Waals surface area (Å²) >= 11 is 0. The second kappa shape index (κ2) is 12.1. The zero-order valence-electron chi connectivity index (χ0n) is 18.5. The van der Waals surface area contributed by atoms with Crippen molar-refractivity contribution >= 4 is 0 Å². The number of morpholine rings is 1. The van der Waals surface area contributed by atoms with Gasteiger partial charge in [-0.25, -0.2) is 0 Å². The van der Waals surface area contributed by atoms with Gasteiger partial charge in [0.15, 0.2) is 0 Å². The Labute approximate surface area is 181 Å². The molecule has 3 rings (SSSR count). The molecule has 0 aliphatic carbocycles. The molecule has 6 nitrogen and oxygen atoms in total. The molecule has 1 N–H and O–H groups in total. The summed E-state index contributed by atoms with van der Waals surface area (Å²) in [4.78, 5) is 4.85. The summed E-state index contributed by atoms with van der Waals surface area (Å²) in [6, 6.07) is 12.5. The molecule has 1 aliphatic rings. The van der Waals surface area contributed by atoms with E-state index in [9.17, 15) is 5.11 Å². The lowest BCUT2D eigenvalue weighted by Gasteiger charge is -2.31. The van der Waals surface area contributed by atoms with E-state index in [-0.39, 0.29) is 6.10 Å². The largest absolute Gasteiger partial charge is 0.497 e. The molecule has 1 fully saturated rings. The van der Waals surface area contributed by atoms with E-state index in [1.54, 1.807) is 7.11 Å². The lowest BCUT2D eigenvalue weighted by atomic mass is 10.2. The standard InChI is InChI=1S/C24H37N3O3/c1-3-6-23(28)20-26(12-11-25-13-15-30-16-14-25)19-22-8-5-10-27(22)18-21-7-4-9-24(17-21)29-2/h4-5,7-10,17,23,28H,3,6,11-16,18-20H2,1-2H3. The average molecular weight is 416 g/mol. The van der Waals surface area contributed by atoms with Crippen molar-refractivity contribution in [2.24, 2.45) is 0 Å². The normalized spacial score (nSPS) is 16.1. The van der Waals surface area contributed by atoms with Crippen molar-refractivity contribution in [3.8, 4) is 5.75 Å². The third kappa shape index (κ3) is 7.13. The van der Waals surface area contributed by atoms with E-state index in [1.807, 2.05) is 12.1 Å². The molecule has 1 unspecified atom stereocenters. The highest BCUT2D eigenvalue weighted by molar-refractivity contribution is 5.29. The molecule has 0 amide bonds. The van der Waals surface area contributed by atoms with Crippen LogP contribution in [0.5, 0.6) is 5.75 Å². The van der Waals surface area contributed by atoms with Gasteiger partial charge >= 0.3 is 0 Å². The Morgan fingerprint density at radius 3 is 2.80 bits per heavy atom. The Bertz CT molecular complexity index is 743. The van der Waals surface area contributed by atoms with Gasteiger partial charge in [0.25, 0.3) is 0 Å². The summed E-state index contributed by atoms with van der Waals surface area (Å²) in [6.45, 7) is 10.1. The van der Waals surface area contributed by atoms with Gasteiger partial charge in [0, 0.05) is 57.7 Å². The minimum atomic E-state index is -0.276. The van der Waals surface area contributed by atoms with Crippen LogP contribution in [0, 0.1) is 0 Å². The number of ether oxygens (including phenoxy) is 2. The van der Waals surface area contributed by atoms with Crippen molar-refractivity contribution in [3.05, 3.63) is 53.9 Å². The van der Waals surface area contributed by atoms with Gasteiger partial charge in [0.2, 0.25) is 0 Å². The summed E-state index contributed by atoms with van der Waals surface area (Å²) in [5, 5.41) is 10.5. The van der Waals surface area contributed by atoms with Crippen molar-refractivity contribution < 1.29 is 14.6 Å². The van der Waals surface area contributed by atoms with Crippen LogP contribution in [0.3, 0.4) is 0 Å². The third-order valence-electron chi connectivity index (χ3n) is 5.72. The molecular weight excluding hydrogens is 378 g/mol. The molecule has 0 saturated carbocycles. The van der Waals surface area contributed by atoms with E-state index in [0.717, 1.165) is 71.1 Å². The maximum Gasteiger partial charge on any atom is 0.119 e. The van der Waals surface area contributed by atoms with Crippen LogP contribution in [0.4, 0.5) is 0 Å². The van der Waals surface area contributed by atoms with Gasteiger partial charge in [-0.3, -0.25) is 9.80 Å². The number of aliphatic hydroxyl groups is 1. The number of hydrogen-bond donors (Lipinski definition) is 1. The first-order chi connectivity index (χ1) is 14.7. The van der Waals surface area contributed by atoms with E-state index >= 15 is 0 Å². The summed E-state index contributed by atoms with van der Waals surface area (Å²) in [5.41, 5.74) is 2.49. The lowest BCUT2D eigenvalue weighted by Crippen LogP contribution is -2.43. The first-order valence-electron chi connectivity index (χ1n) is 11.2. The van der Waals surface area contributed by atoms with Crippen LogP contribution in [0.1, 0.15) is 31.0 Å². The molecule has 0 radical (unpaired) electrons. The van der Waals surface area contributed by atoms with E-state index in [1.165, 1.54) is 11.3 Å². The molecule has 1 aliphatic heterocycles. The maximum absolute atomic E-state index is 10.5. The highest BCUT2D eigenvalue weighted by Gasteiger charge is 2.17. The van der Waals surface area contributed by atoms with Gasteiger partial charge in [-0.05, 0) is 36.2 Å². The number of benzene rings is 1. The SMILES string of the molecule is CCCC(O)CN(CCN1CCOCC1)Cc1cccn1Cc1cccc(OC)c1. The monoisotopic (exact) mass is 415 g/mol. The molecular formula is C24H37N3O3. The Morgan fingerprint density at radius 1 is 1.20 bits per heavy atom. The Morgan fingerprint density at radius 2 is 2.03 bits per heavy atom. The molecule has 2 heterocycles. The number of hydrogen-bond acceptors (Lipinski definition) is 5. The van der Waals surface area contributed by atoms with Crippen LogP contribution < -0.4 is 4.74 Å². The van der Waals surface area contributed by atoms with Crippen LogP contribution in [0.2, 0.25) is 0 Å². The van der Waals surface area contributed by atoms with E-state index < -0.39 is 0 Å². The van der Waals surface area contributed by atoms with Crippen LogP contribution >= 0.6 is 0 Å². The van der Waals surface area contributed by atoms with Crippen molar-refractivity contribution in [2.75, 3.05) is 53.0 Å². The second-order valence-electron chi connectivity index (χ2n) is 8.11. The van der Waals surface area contributed by atoms with E-state index in [4.69, 9.17) is 9.47 Å². The highest BCUT2D eigenvalue weighted by Crippen LogP contribution is 2.16. The van der Waals surface area contributed by atoms with Crippen LogP contribution in [0.25, 0.3) is 0 Å². The van der Waals surface area contributed by atoms with Crippen LogP contribution in [-0.4, -0.2) is 78.6 Å². The van der Waals surface area contributed by atoms with Gasteiger partial charge in [-0.2, -0.15) is 0 Å². The predicted molar refractivity (Wildman–Crippen MR) is 120 cm³/mol. The van der Waals surface area contributed by atoms with E-state index in [2.05, 4.69) is 51.8 Å². The topological polar surface area (TPSA) is 50.1 Å². The zero-order chi connectivity index (χ0) is 21.2. The van der Waals surface area contributed by atoms with Gasteiger partial charge in [-0.15, -0.1) is 0 Å². The minimum Gasteiger partial charge on any atom is -0.497 e. The highest BCUT2D eigenvalue weighted by atomic mass is 16.5. The fourth-order valence-electron chi connectivity index (χ4n) is 4.01. The number of aliphatic hydroxyl groups excluding tert-OH is 1. The molecule has 1 atom stereocenters. The van der Waals surface area contributed by atoms with Crippen molar-refractivity contribution in [2.45, 2.75) is 39.0 Å². The Kier molecular flexibility index (Phi) is 9.21. The number of rotatable bonds is 12. The first-order valence-corrected chi connectivity index (χ1v) is 11.2. The Hall–Kier alpha value is -1.86. The number of nitrogens with zero attached hydrogens (tertiary/aromatic N) is 3. The molecule has 1 aromatic carbocycles. The maximum atomic E-state index is 10.5. The van der Waals surface area contributed by atoms with Gasteiger partial charge < -0.3 is 19.1 Å². The van der Waals surface area contributed by atoms with Gasteiger partial charge in [0.05, 0.1) is 26.4 Å². The molecule has 0 bridgehead atoms. The predicted octanol–water partition coefficient (Wildman–Crippen LogP) is 2.84. The molecule has 1 aromatic heterocycles. The van der Waals surface area contributed by atoms with Gasteiger partial charge in [0.1, 0.15) is 5.75 Å². The zero-order valence-corrected chi connectivity index (χ0v) is 18.5. The average Bonchev–Trinajstić information content (AvgIpc) is 3.19. The van der Waals surface area contributed by atoms with Gasteiger partial charge in [-0.1, -0.05) is 25.5 Å². The number of methoxy groups -OCH3 is 1. The summed E-state index contributed by atoms with van der Waals surface area (Å²) in [5.74, 6) is 0.885. The molecule has 1 saturated heterocycles. The van der Waals surface area contributed by atoms with E-state index in [0.29, 0.717) is 6.54 Å².